The van der Waals surface area contributed by atoms with Crippen LogP contribution in [0.5, 0.6) is 0 Å². The highest BCUT2D eigenvalue weighted by molar-refractivity contribution is 5.81. The molecule has 0 aliphatic heterocycles. The lowest BCUT2D eigenvalue weighted by atomic mass is 9.92. The lowest BCUT2D eigenvalue weighted by molar-refractivity contribution is -0.147. The smallest absolute Gasteiger partial charge is 0.408 e. The lowest BCUT2D eigenvalue weighted by Crippen LogP contribution is -2.56. The molecule has 0 aromatic rings. The number of rotatable bonds is 3. The summed E-state index contributed by atoms with van der Waals surface area (Å²) in [4.78, 5) is 22.7. The number of hydrogen-bond acceptors (Lipinski definition) is 4. The first-order valence-corrected chi connectivity index (χ1v) is 6.09. The second-order valence-corrected chi connectivity index (χ2v) is 5.73. The van der Waals surface area contributed by atoms with E-state index in [0.717, 1.165) is 12.8 Å². The van der Waals surface area contributed by atoms with E-state index in [0.29, 0.717) is 12.8 Å². The number of ether oxygens (including phenoxy) is 1. The Bertz CT molecular complexity index is 328. The van der Waals surface area contributed by atoms with Gasteiger partial charge in [0.05, 0.1) is 5.60 Å². The van der Waals surface area contributed by atoms with Crippen molar-refractivity contribution in [3.8, 4) is 0 Å². The van der Waals surface area contributed by atoms with Gasteiger partial charge in [-0.15, -0.1) is 0 Å². The van der Waals surface area contributed by atoms with Crippen molar-refractivity contribution in [1.29, 1.82) is 0 Å². The van der Waals surface area contributed by atoms with Crippen LogP contribution in [-0.2, 0) is 9.53 Å². The van der Waals surface area contributed by atoms with Crippen LogP contribution < -0.4 is 5.32 Å². The zero-order chi connectivity index (χ0) is 14.0. The van der Waals surface area contributed by atoms with Crippen LogP contribution in [0, 0.1) is 0 Å². The van der Waals surface area contributed by atoms with E-state index in [4.69, 9.17) is 9.84 Å². The van der Waals surface area contributed by atoms with Crippen LogP contribution in [0.2, 0.25) is 0 Å². The van der Waals surface area contributed by atoms with Gasteiger partial charge in [0.2, 0.25) is 0 Å². The van der Waals surface area contributed by atoms with Gasteiger partial charge in [-0.1, -0.05) is 12.8 Å². The van der Waals surface area contributed by atoms with Crippen LogP contribution in [-0.4, -0.2) is 39.5 Å². The first kappa shape index (κ1) is 14.8. The number of carbonyl (C=O) groups excluding carboxylic acids is 1. The highest BCUT2D eigenvalue weighted by Gasteiger charge is 2.45. The van der Waals surface area contributed by atoms with E-state index in [2.05, 4.69) is 5.32 Å². The van der Waals surface area contributed by atoms with Gasteiger partial charge in [-0.05, 0) is 33.6 Å². The van der Waals surface area contributed by atoms with E-state index in [-0.39, 0.29) is 0 Å². The molecule has 1 saturated carbocycles. The molecule has 1 rings (SSSR count). The van der Waals surface area contributed by atoms with E-state index in [1.54, 1.807) is 20.8 Å². The van der Waals surface area contributed by atoms with Gasteiger partial charge in [-0.3, -0.25) is 0 Å². The molecule has 0 aromatic carbocycles. The van der Waals surface area contributed by atoms with Gasteiger partial charge < -0.3 is 20.3 Å². The number of nitrogens with one attached hydrogen (secondary N) is 1. The van der Waals surface area contributed by atoms with Crippen LogP contribution >= 0.6 is 0 Å². The molecule has 0 spiro atoms. The maximum atomic E-state index is 11.6. The average Bonchev–Trinajstić information content (AvgIpc) is 2.59. The van der Waals surface area contributed by atoms with Crippen molar-refractivity contribution in [2.45, 2.75) is 63.7 Å². The normalized spacial score (nSPS) is 20.2. The SMILES string of the molecule is CC(C)(C)OC(=O)NC(C(=O)O)C1(O)CCCC1. The summed E-state index contributed by atoms with van der Waals surface area (Å²) in [5, 5.41) is 21.6. The maximum absolute atomic E-state index is 11.6. The minimum atomic E-state index is -1.37. The molecule has 6 heteroatoms. The number of carboxylic acids is 1. The molecule has 0 heterocycles. The van der Waals surface area contributed by atoms with Crippen LogP contribution in [0.1, 0.15) is 46.5 Å². The molecule has 104 valence electrons. The molecule has 18 heavy (non-hydrogen) atoms. The molecule has 0 aromatic heterocycles. The quantitative estimate of drug-likeness (QED) is 0.709. The van der Waals surface area contributed by atoms with Gasteiger partial charge in [0, 0.05) is 0 Å². The van der Waals surface area contributed by atoms with Crippen molar-refractivity contribution in [3.05, 3.63) is 0 Å². The van der Waals surface area contributed by atoms with Gasteiger partial charge in [-0.2, -0.15) is 0 Å². The lowest BCUT2D eigenvalue weighted by Gasteiger charge is -2.30. The minimum absolute atomic E-state index is 0.375. The number of carbonyl (C=O) groups is 2. The second-order valence-electron chi connectivity index (χ2n) is 5.73. The highest BCUT2D eigenvalue weighted by atomic mass is 16.6. The Kier molecular flexibility index (Phi) is 4.21. The number of alkyl carbamates (subject to hydrolysis) is 1. The van der Waals surface area contributed by atoms with Gasteiger partial charge >= 0.3 is 12.1 Å². The zero-order valence-corrected chi connectivity index (χ0v) is 11.0. The molecule has 1 amide bonds. The van der Waals surface area contributed by atoms with E-state index < -0.39 is 29.3 Å². The topological polar surface area (TPSA) is 95.9 Å². The summed E-state index contributed by atoms with van der Waals surface area (Å²) in [7, 11) is 0. The second kappa shape index (κ2) is 5.14. The third kappa shape index (κ3) is 3.87. The van der Waals surface area contributed by atoms with Crippen LogP contribution in [0.4, 0.5) is 4.79 Å². The summed E-state index contributed by atoms with van der Waals surface area (Å²) >= 11 is 0. The molecule has 1 aliphatic rings. The summed E-state index contributed by atoms with van der Waals surface area (Å²) in [5.74, 6) is -1.25. The fourth-order valence-electron chi connectivity index (χ4n) is 2.13. The van der Waals surface area contributed by atoms with Crippen LogP contribution in [0.25, 0.3) is 0 Å². The maximum Gasteiger partial charge on any atom is 0.408 e. The number of carboxylic acid groups (broad SMARTS) is 1. The summed E-state index contributed by atoms with van der Waals surface area (Å²) in [6, 6.07) is -1.32. The Balaban J connectivity index is 2.70. The summed E-state index contributed by atoms with van der Waals surface area (Å²) in [6.07, 6.45) is 1.45. The molecule has 1 unspecified atom stereocenters. The van der Waals surface area contributed by atoms with Crippen molar-refractivity contribution < 1.29 is 24.5 Å². The Labute approximate surface area is 106 Å². The van der Waals surface area contributed by atoms with E-state index in [9.17, 15) is 14.7 Å². The molecular weight excluding hydrogens is 238 g/mol. The molecular formula is C12H21NO5. The minimum Gasteiger partial charge on any atom is -0.480 e. The first-order valence-electron chi connectivity index (χ1n) is 6.09. The summed E-state index contributed by atoms with van der Waals surface area (Å²) < 4.78 is 5.00. The van der Waals surface area contributed by atoms with Crippen molar-refractivity contribution in [2.75, 3.05) is 0 Å². The molecule has 0 saturated heterocycles. The van der Waals surface area contributed by atoms with E-state index in [1.165, 1.54) is 0 Å². The number of amides is 1. The highest BCUT2D eigenvalue weighted by Crippen LogP contribution is 2.32. The molecule has 0 bridgehead atoms. The monoisotopic (exact) mass is 259 g/mol. The molecule has 1 atom stereocenters. The zero-order valence-electron chi connectivity index (χ0n) is 11.0. The third-order valence-corrected chi connectivity index (χ3v) is 2.91. The Morgan fingerprint density at radius 2 is 1.78 bits per heavy atom. The Morgan fingerprint density at radius 1 is 1.28 bits per heavy atom. The molecule has 1 aliphatic carbocycles. The average molecular weight is 259 g/mol. The van der Waals surface area contributed by atoms with Crippen LogP contribution in [0.3, 0.4) is 0 Å². The van der Waals surface area contributed by atoms with Crippen molar-refractivity contribution in [3.63, 3.8) is 0 Å². The predicted octanol–water partition coefficient (Wildman–Crippen LogP) is 1.27. The standard InChI is InChI=1S/C12H21NO5/c1-11(2,3)18-10(16)13-8(9(14)15)12(17)6-4-5-7-12/h8,17H,4-7H2,1-3H3,(H,13,16)(H,14,15). The van der Waals surface area contributed by atoms with E-state index in [1.807, 2.05) is 0 Å². The number of aliphatic carboxylic acids is 1. The van der Waals surface area contributed by atoms with Crippen molar-refractivity contribution in [1.82, 2.24) is 5.32 Å². The van der Waals surface area contributed by atoms with Gasteiger partial charge in [0.1, 0.15) is 5.60 Å². The largest absolute Gasteiger partial charge is 0.480 e. The van der Waals surface area contributed by atoms with Gasteiger partial charge in [0.15, 0.2) is 6.04 Å². The van der Waals surface area contributed by atoms with E-state index >= 15 is 0 Å². The summed E-state index contributed by atoms with van der Waals surface area (Å²) in [6.45, 7) is 5.06. The number of hydrogen-bond donors (Lipinski definition) is 3. The molecule has 3 N–H and O–H groups in total. The van der Waals surface area contributed by atoms with Gasteiger partial charge in [-0.25, -0.2) is 9.59 Å². The van der Waals surface area contributed by atoms with Crippen molar-refractivity contribution >= 4 is 12.1 Å². The number of aliphatic hydroxyl groups is 1. The molecule has 0 radical (unpaired) electrons. The summed E-state index contributed by atoms with van der Waals surface area (Å²) in [5.41, 5.74) is -2.08. The first-order chi connectivity index (χ1) is 8.14. The predicted molar refractivity (Wildman–Crippen MR) is 64.2 cm³/mol. The third-order valence-electron chi connectivity index (χ3n) is 2.91. The molecule has 1 fully saturated rings. The molecule has 6 nitrogen and oxygen atoms in total. The van der Waals surface area contributed by atoms with Crippen LogP contribution in [0.15, 0.2) is 0 Å². The fraction of sp³-hybridized carbons (Fsp3) is 0.833. The fourth-order valence-corrected chi connectivity index (χ4v) is 2.13. The Morgan fingerprint density at radius 3 is 2.17 bits per heavy atom. The van der Waals surface area contributed by atoms with Gasteiger partial charge in [0.25, 0.3) is 0 Å². The van der Waals surface area contributed by atoms with Crippen molar-refractivity contribution in [2.24, 2.45) is 0 Å². The Hall–Kier alpha value is -1.30.